The normalized spacial score (nSPS) is 10.4. The van der Waals surface area contributed by atoms with Gasteiger partial charge < -0.3 is 15.0 Å². The van der Waals surface area contributed by atoms with Crippen LogP contribution in [0.2, 0.25) is 0 Å². The number of hydrogen-bond acceptors (Lipinski definition) is 5. The molecule has 1 aromatic heterocycles. The zero-order valence-electron chi connectivity index (χ0n) is 12.8. The molecule has 112 valence electrons. The van der Waals surface area contributed by atoms with E-state index in [4.69, 9.17) is 4.74 Å². The van der Waals surface area contributed by atoms with Crippen LogP contribution in [0.25, 0.3) is 0 Å². The maximum absolute atomic E-state index is 5.14. The number of hydrogen-bond donors (Lipinski definition) is 1. The second-order valence-electron chi connectivity index (χ2n) is 4.71. The van der Waals surface area contributed by atoms with Crippen LogP contribution < -0.4 is 10.2 Å². The first-order valence-corrected chi connectivity index (χ1v) is 7.10. The fourth-order valence-corrected chi connectivity index (χ4v) is 2.13. The van der Waals surface area contributed by atoms with E-state index in [1.165, 1.54) is 5.56 Å². The highest BCUT2D eigenvalue weighted by molar-refractivity contribution is 5.49. The van der Waals surface area contributed by atoms with Crippen molar-refractivity contribution in [3.05, 3.63) is 47.8 Å². The number of ether oxygens (including phenoxy) is 1. The van der Waals surface area contributed by atoms with Gasteiger partial charge >= 0.3 is 0 Å². The lowest BCUT2D eigenvalue weighted by Gasteiger charge is -2.23. The molecule has 0 unspecified atom stereocenters. The summed E-state index contributed by atoms with van der Waals surface area (Å²) in [5.74, 6) is 2.40. The van der Waals surface area contributed by atoms with Gasteiger partial charge in [-0.15, -0.1) is 0 Å². The lowest BCUT2D eigenvalue weighted by atomic mass is 10.2. The van der Waals surface area contributed by atoms with Crippen molar-refractivity contribution in [3.63, 3.8) is 0 Å². The predicted molar refractivity (Wildman–Crippen MR) is 85.5 cm³/mol. The number of nitrogens with one attached hydrogen (secondary N) is 1. The van der Waals surface area contributed by atoms with Crippen LogP contribution in [-0.4, -0.2) is 30.7 Å². The van der Waals surface area contributed by atoms with E-state index < -0.39 is 0 Å². The molecule has 0 bridgehead atoms. The second-order valence-corrected chi connectivity index (χ2v) is 4.71. The molecular formula is C16H22N4O. The highest BCUT2D eigenvalue weighted by Crippen LogP contribution is 2.18. The van der Waals surface area contributed by atoms with Gasteiger partial charge in [-0.05, 0) is 12.5 Å². The SMILES string of the molecule is CCN(Cc1ccccc1)c1cc(NC)nc(COC)n1. The van der Waals surface area contributed by atoms with Gasteiger partial charge in [0.25, 0.3) is 0 Å². The monoisotopic (exact) mass is 286 g/mol. The Hall–Kier alpha value is -2.14. The van der Waals surface area contributed by atoms with E-state index >= 15 is 0 Å². The Labute approximate surface area is 126 Å². The van der Waals surface area contributed by atoms with Crippen molar-refractivity contribution >= 4 is 11.6 Å². The van der Waals surface area contributed by atoms with Crippen LogP contribution in [0.4, 0.5) is 11.6 Å². The van der Waals surface area contributed by atoms with Crippen molar-refractivity contribution in [1.82, 2.24) is 9.97 Å². The van der Waals surface area contributed by atoms with Gasteiger partial charge in [0.05, 0.1) is 0 Å². The molecule has 2 aromatic rings. The molecule has 0 aliphatic heterocycles. The predicted octanol–water partition coefficient (Wildman–Crippen LogP) is 2.69. The van der Waals surface area contributed by atoms with Crippen molar-refractivity contribution in [3.8, 4) is 0 Å². The Morgan fingerprint density at radius 3 is 2.57 bits per heavy atom. The Kier molecular flexibility index (Phi) is 5.51. The van der Waals surface area contributed by atoms with Crippen LogP contribution in [0, 0.1) is 0 Å². The number of anilines is 2. The summed E-state index contributed by atoms with van der Waals surface area (Å²) in [5.41, 5.74) is 1.26. The highest BCUT2D eigenvalue weighted by atomic mass is 16.5. The summed E-state index contributed by atoms with van der Waals surface area (Å²) < 4.78 is 5.14. The Morgan fingerprint density at radius 2 is 1.95 bits per heavy atom. The van der Waals surface area contributed by atoms with E-state index in [2.05, 4.69) is 51.4 Å². The minimum atomic E-state index is 0.408. The Bertz CT molecular complexity index is 559. The zero-order valence-corrected chi connectivity index (χ0v) is 12.8. The van der Waals surface area contributed by atoms with Crippen LogP contribution in [0.3, 0.4) is 0 Å². The number of nitrogens with zero attached hydrogens (tertiary/aromatic N) is 3. The molecule has 0 amide bonds. The molecule has 1 N–H and O–H groups in total. The van der Waals surface area contributed by atoms with Crippen LogP contribution >= 0.6 is 0 Å². The molecule has 5 heteroatoms. The fraction of sp³-hybridized carbons (Fsp3) is 0.375. The van der Waals surface area contributed by atoms with Crippen LogP contribution in [0.1, 0.15) is 18.3 Å². The minimum absolute atomic E-state index is 0.408. The summed E-state index contributed by atoms with van der Waals surface area (Å²) in [6.45, 7) is 4.23. The highest BCUT2D eigenvalue weighted by Gasteiger charge is 2.10. The fourth-order valence-electron chi connectivity index (χ4n) is 2.13. The largest absolute Gasteiger partial charge is 0.377 e. The minimum Gasteiger partial charge on any atom is -0.377 e. The second kappa shape index (κ2) is 7.59. The molecule has 1 heterocycles. The van der Waals surface area contributed by atoms with E-state index in [0.29, 0.717) is 12.4 Å². The van der Waals surface area contributed by atoms with E-state index in [9.17, 15) is 0 Å². The summed E-state index contributed by atoms with van der Waals surface area (Å²) in [7, 11) is 3.51. The van der Waals surface area contributed by atoms with Crippen molar-refractivity contribution in [2.45, 2.75) is 20.1 Å². The topological polar surface area (TPSA) is 50.3 Å². The summed E-state index contributed by atoms with van der Waals surface area (Å²) in [6.07, 6.45) is 0. The lowest BCUT2D eigenvalue weighted by molar-refractivity contribution is 0.178. The van der Waals surface area contributed by atoms with Crippen molar-refractivity contribution in [2.24, 2.45) is 0 Å². The van der Waals surface area contributed by atoms with Gasteiger partial charge in [0.2, 0.25) is 0 Å². The molecule has 0 saturated carbocycles. The zero-order chi connectivity index (χ0) is 15.1. The number of aromatic nitrogens is 2. The average molecular weight is 286 g/mol. The summed E-state index contributed by atoms with van der Waals surface area (Å²) in [6, 6.07) is 12.3. The first kappa shape index (κ1) is 15.3. The average Bonchev–Trinajstić information content (AvgIpc) is 2.53. The third-order valence-electron chi connectivity index (χ3n) is 3.21. The third kappa shape index (κ3) is 4.16. The maximum atomic E-state index is 5.14. The smallest absolute Gasteiger partial charge is 0.158 e. The van der Waals surface area contributed by atoms with Gasteiger partial charge in [-0.25, -0.2) is 9.97 Å². The summed E-state index contributed by atoms with van der Waals surface area (Å²) in [4.78, 5) is 11.2. The van der Waals surface area contributed by atoms with Gasteiger partial charge in [-0.1, -0.05) is 30.3 Å². The molecule has 0 aliphatic carbocycles. The first-order valence-electron chi connectivity index (χ1n) is 7.10. The molecule has 1 aromatic carbocycles. The van der Waals surface area contributed by atoms with Gasteiger partial charge in [0, 0.05) is 33.3 Å². The molecule has 0 saturated heterocycles. The molecule has 2 rings (SSSR count). The quantitative estimate of drug-likeness (QED) is 0.848. The maximum Gasteiger partial charge on any atom is 0.158 e. The number of methoxy groups -OCH3 is 1. The van der Waals surface area contributed by atoms with Crippen molar-refractivity contribution < 1.29 is 4.74 Å². The van der Waals surface area contributed by atoms with E-state index in [-0.39, 0.29) is 0 Å². The number of benzene rings is 1. The number of rotatable bonds is 7. The van der Waals surface area contributed by atoms with Gasteiger partial charge in [0.1, 0.15) is 18.2 Å². The molecular weight excluding hydrogens is 264 g/mol. The van der Waals surface area contributed by atoms with Crippen LogP contribution in [0.15, 0.2) is 36.4 Å². The van der Waals surface area contributed by atoms with Crippen molar-refractivity contribution in [1.29, 1.82) is 0 Å². The van der Waals surface area contributed by atoms with Gasteiger partial charge in [-0.2, -0.15) is 0 Å². The Balaban J connectivity index is 2.26. The molecule has 0 radical (unpaired) electrons. The van der Waals surface area contributed by atoms with Gasteiger partial charge in [0.15, 0.2) is 5.82 Å². The molecule has 5 nitrogen and oxygen atoms in total. The van der Waals surface area contributed by atoms with E-state index in [1.807, 2.05) is 19.2 Å². The van der Waals surface area contributed by atoms with E-state index in [0.717, 1.165) is 24.7 Å². The molecule has 21 heavy (non-hydrogen) atoms. The lowest BCUT2D eigenvalue weighted by Crippen LogP contribution is -2.24. The summed E-state index contributed by atoms with van der Waals surface area (Å²) >= 11 is 0. The van der Waals surface area contributed by atoms with Crippen LogP contribution in [-0.2, 0) is 17.9 Å². The molecule has 0 fully saturated rings. The van der Waals surface area contributed by atoms with Crippen molar-refractivity contribution in [2.75, 3.05) is 30.9 Å². The van der Waals surface area contributed by atoms with Gasteiger partial charge in [-0.3, -0.25) is 0 Å². The third-order valence-corrected chi connectivity index (χ3v) is 3.21. The molecule has 0 spiro atoms. The molecule has 0 atom stereocenters. The molecule has 0 aliphatic rings. The summed E-state index contributed by atoms with van der Waals surface area (Å²) in [5, 5.41) is 3.08. The standard InChI is InChI=1S/C16H22N4O/c1-4-20(11-13-8-6-5-7-9-13)16-10-14(17-2)18-15(19-16)12-21-3/h5-10H,4,11-12H2,1-3H3,(H,17,18,19). The Morgan fingerprint density at radius 1 is 1.19 bits per heavy atom. The van der Waals surface area contributed by atoms with E-state index in [1.54, 1.807) is 7.11 Å². The van der Waals surface area contributed by atoms with Crippen LogP contribution in [0.5, 0.6) is 0 Å². The first-order chi connectivity index (χ1) is 10.3.